The van der Waals surface area contributed by atoms with E-state index in [0.29, 0.717) is 17.7 Å². The van der Waals surface area contributed by atoms with Gasteiger partial charge in [0.05, 0.1) is 11.5 Å². The molecule has 3 aromatic carbocycles. The van der Waals surface area contributed by atoms with Gasteiger partial charge in [0.2, 0.25) is 0 Å². The lowest BCUT2D eigenvalue weighted by atomic mass is 10.1. The summed E-state index contributed by atoms with van der Waals surface area (Å²) in [6, 6.07) is 17.4. The molecule has 0 spiro atoms. The molecule has 0 aliphatic rings. The standard InChI is InChI=1S/C25H20ClFN4O4/c1-16-5-10-23(22(11-16)31(33)34)35-15-18-3-2-4-19(12-18)25(32)28-24-21(26)14-30(29-24)13-17-6-8-20(27)9-7-17/h2-12,14H,13,15H2,1H3,(H,28,29,32). The van der Waals surface area contributed by atoms with Crippen LogP contribution in [0.3, 0.4) is 0 Å². The van der Waals surface area contributed by atoms with E-state index in [-0.39, 0.29) is 34.7 Å². The van der Waals surface area contributed by atoms with Crippen LogP contribution in [0.2, 0.25) is 5.02 Å². The van der Waals surface area contributed by atoms with Crippen LogP contribution >= 0.6 is 11.6 Å². The summed E-state index contributed by atoms with van der Waals surface area (Å²) < 4.78 is 20.3. The van der Waals surface area contributed by atoms with Gasteiger partial charge in [-0.15, -0.1) is 0 Å². The highest BCUT2D eigenvalue weighted by Gasteiger charge is 2.16. The molecule has 4 rings (SSSR count). The average molecular weight is 495 g/mol. The van der Waals surface area contributed by atoms with Crippen LogP contribution in [0.1, 0.15) is 27.0 Å². The number of amides is 1. The molecule has 0 bridgehead atoms. The van der Waals surface area contributed by atoms with Gasteiger partial charge in [0.15, 0.2) is 11.6 Å². The van der Waals surface area contributed by atoms with Crippen LogP contribution in [0.15, 0.2) is 72.9 Å². The van der Waals surface area contributed by atoms with E-state index in [1.165, 1.54) is 18.2 Å². The van der Waals surface area contributed by atoms with Gasteiger partial charge in [0, 0.05) is 17.8 Å². The van der Waals surface area contributed by atoms with Gasteiger partial charge in [-0.25, -0.2) is 4.39 Å². The zero-order valence-corrected chi connectivity index (χ0v) is 19.3. The van der Waals surface area contributed by atoms with Crippen molar-refractivity contribution in [1.29, 1.82) is 0 Å². The molecule has 1 heterocycles. The first-order valence-corrected chi connectivity index (χ1v) is 10.9. The number of hydrogen-bond donors (Lipinski definition) is 1. The van der Waals surface area contributed by atoms with Gasteiger partial charge in [-0.1, -0.05) is 41.9 Å². The number of aromatic nitrogens is 2. The Balaban J connectivity index is 1.43. The summed E-state index contributed by atoms with van der Waals surface area (Å²) in [6.45, 7) is 2.16. The fourth-order valence-corrected chi connectivity index (χ4v) is 3.57. The molecule has 0 fully saturated rings. The third kappa shape index (κ3) is 6.01. The second kappa shape index (κ2) is 10.4. The highest BCUT2D eigenvalue weighted by Crippen LogP contribution is 2.28. The highest BCUT2D eigenvalue weighted by atomic mass is 35.5. The number of aryl methyl sites for hydroxylation is 1. The number of carbonyl (C=O) groups is 1. The van der Waals surface area contributed by atoms with Crippen LogP contribution in [-0.2, 0) is 13.2 Å². The van der Waals surface area contributed by atoms with Gasteiger partial charge in [0.1, 0.15) is 17.4 Å². The lowest BCUT2D eigenvalue weighted by Crippen LogP contribution is -2.13. The van der Waals surface area contributed by atoms with E-state index >= 15 is 0 Å². The second-order valence-corrected chi connectivity index (χ2v) is 8.23. The minimum Gasteiger partial charge on any atom is -0.482 e. The maximum atomic E-state index is 13.1. The van der Waals surface area contributed by atoms with E-state index in [0.717, 1.165) is 11.1 Å². The number of hydrogen-bond acceptors (Lipinski definition) is 5. The van der Waals surface area contributed by atoms with Crippen LogP contribution in [0.25, 0.3) is 0 Å². The summed E-state index contributed by atoms with van der Waals surface area (Å²) >= 11 is 6.24. The largest absolute Gasteiger partial charge is 0.482 e. The molecule has 8 nitrogen and oxygen atoms in total. The second-order valence-electron chi connectivity index (χ2n) is 7.82. The molecule has 0 saturated heterocycles. The summed E-state index contributed by atoms with van der Waals surface area (Å²) in [4.78, 5) is 23.6. The number of nitrogens with one attached hydrogen (secondary N) is 1. The van der Waals surface area contributed by atoms with Crippen LogP contribution in [0.5, 0.6) is 5.75 Å². The quantitative estimate of drug-likeness (QED) is 0.247. The minimum absolute atomic E-state index is 0.0398. The molecular weight excluding hydrogens is 475 g/mol. The van der Waals surface area contributed by atoms with Gasteiger partial charge >= 0.3 is 5.69 Å². The molecule has 35 heavy (non-hydrogen) atoms. The van der Waals surface area contributed by atoms with E-state index in [2.05, 4.69) is 10.4 Å². The molecule has 0 saturated carbocycles. The minimum atomic E-state index is -0.495. The first-order chi connectivity index (χ1) is 16.8. The summed E-state index contributed by atoms with van der Waals surface area (Å²) in [5.41, 5.74) is 2.45. The van der Waals surface area contributed by atoms with Crippen LogP contribution in [-0.4, -0.2) is 20.6 Å². The maximum Gasteiger partial charge on any atom is 0.311 e. The molecule has 0 atom stereocenters. The fourth-order valence-electron chi connectivity index (χ4n) is 3.37. The highest BCUT2D eigenvalue weighted by molar-refractivity contribution is 6.33. The fraction of sp³-hybridized carbons (Fsp3) is 0.120. The van der Waals surface area contributed by atoms with E-state index in [9.17, 15) is 19.3 Å². The van der Waals surface area contributed by atoms with E-state index in [1.54, 1.807) is 66.3 Å². The normalized spacial score (nSPS) is 10.7. The number of halogens is 2. The van der Waals surface area contributed by atoms with Gasteiger partial charge < -0.3 is 10.1 Å². The Kier molecular flexibility index (Phi) is 7.07. The summed E-state index contributed by atoms with van der Waals surface area (Å²) in [5.74, 6) is -0.420. The Bertz CT molecular complexity index is 1390. The molecule has 1 N–H and O–H groups in total. The molecule has 0 radical (unpaired) electrons. The van der Waals surface area contributed by atoms with Crippen molar-refractivity contribution in [3.05, 3.63) is 116 Å². The summed E-state index contributed by atoms with van der Waals surface area (Å²) in [6.07, 6.45) is 1.57. The molecular formula is C25H20ClFN4O4. The Morgan fingerprint density at radius 3 is 2.66 bits per heavy atom. The lowest BCUT2D eigenvalue weighted by Gasteiger charge is -2.09. The third-order valence-electron chi connectivity index (χ3n) is 5.10. The molecule has 4 aromatic rings. The van der Waals surface area contributed by atoms with Gasteiger partial charge in [-0.3, -0.25) is 19.6 Å². The molecule has 0 unspecified atom stereocenters. The molecule has 0 aliphatic heterocycles. The van der Waals surface area contributed by atoms with Crippen molar-refractivity contribution >= 4 is 29.0 Å². The summed E-state index contributed by atoms with van der Waals surface area (Å²) in [7, 11) is 0. The number of nitro benzene ring substituents is 1. The molecule has 1 aromatic heterocycles. The van der Waals surface area contributed by atoms with Crippen molar-refractivity contribution in [3.8, 4) is 5.75 Å². The predicted molar refractivity (Wildman–Crippen MR) is 129 cm³/mol. The number of nitrogens with zero attached hydrogens (tertiary/aromatic N) is 3. The van der Waals surface area contributed by atoms with Crippen molar-refractivity contribution in [2.45, 2.75) is 20.1 Å². The number of ether oxygens (including phenoxy) is 1. The van der Waals surface area contributed by atoms with E-state index in [1.807, 2.05) is 0 Å². The van der Waals surface area contributed by atoms with E-state index in [4.69, 9.17) is 16.3 Å². The molecule has 0 aliphatic carbocycles. The number of anilines is 1. The Morgan fingerprint density at radius 2 is 1.91 bits per heavy atom. The molecule has 10 heteroatoms. The van der Waals surface area contributed by atoms with Gasteiger partial charge in [0.25, 0.3) is 5.91 Å². The van der Waals surface area contributed by atoms with Crippen molar-refractivity contribution in [2.75, 3.05) is 5.32 Å². The topological polar surface area (TPSA) is 99.3 Å². The van der Waals surface area contributed by atoms with Crippen molar-refractivity contribution in [3.63, 3.8) is 0 Å². The Hall–Kier alpha value is -4.24. The third-order valence-corrected chi connectivity index (χ3v) is 5.38. The number of carbonyl (C=O) groups excluding carboxylic acids is 1. The first kappa shape index (κ1) is 23.9. The van der Waals surface area contributed by atoms with Crippen LogP contribution in [0, 0.1) is 22.9 Å². The van der Waals surface area contributed by atoms with Crippen molar-refractivity contribution < 1.29 is 18.8 Å². The number of rotatable bonds is 8. The summed E-state index contributed by atoms with van der Waals surface area (Å²) in [5, 5.41) is 18.5. The lowest BCUT2D eigenvalue weighted by molar-refractivity contribution is -0.386. The average Bonchev–Trinajstić information content (AvgIpc) is 3.18. The maximum absolute atomic E-state index is 13.1. The molecule has 178 valence electrons. The monoisotopic (exact) mass is 494 g/mol. The zero-order chi connectivity index (χ0) is 24.9. The number of benzene rings is 3. The van der Waals surface area contributed by atoms with Gasteiger partial charge in [-0.05, 0) is 53.9 Å². The van der Waals surface area contributed by atoms with Crippen LogP contribution < -0.4 is 10.1 Å². The SMILES string of the molecule is Cc1ccc(OCc2cccc(C(=O)Nc3nn(Cc4ccc(F)cc4)cc3Cl)c2)c([N+](=O)[O-])c1. The first-order valence-electron chi connectivity index (χ1n) is 10.5. The van der Waals surface area contributed by atoms with Gasteiger partial charge in [-0.2, -0.15) is 5.10 Å². The predicted octanol–water partition coefficient (Wildman–Crippen LogP) is 5.77. The zero-order valence-electron chi connectivity index (χ0n) is 18.6. The van der Waals surface area contributed by atoms with Crippen molar-refractivity contribution in [2.24, 2.45) is 0 Å². The Morgan fingerprint density at radius 1 is 1.14 bits per heavy atom. The number of nitro groups is 1. The molecule has 1 amide bonds. The smallest absolute Gasteiger partial charge is 0.311 e. The van der Waals surface area contributed by atoms with Crippen molar-refractivity contribution in [1.82, 2.24) is 9.78 Å². The van der Waals surface area contributed by atoms with Crippen LogP contribution in [0.4, 0.5) is 15.9 Å². The Labute approximate surface area is 205 Å². The van der Waals surface area contributed by atoms with E-state index < -0.39 is 10.8 Å².